The van der Waals surface area contributed by atoms with Gasteiger partial charge in [-0.15, -0.1) is 34.2 Å². The Morgan fingerprint density at radius 2 is 1.94 bits per heavy atom. The highest BCUT2D eigenvalue weighted by Crippen LogP contribution is 2.19. The minimum Gasteiger partial charge on any atom is -0.444 e. The monoisotopic (exact) mass is 531 g/mol. The molecule has 3 aromatic heterocycles. The molecule has 31 heavy (non-hydrogen) atoms. The average molecular weight is 531 g/mol. The number of nitrogens with one attached hydrogen (secondary N) is 2. The minimum atomic E-state index is 0. The van der Waals surface area contributed by atoms with Crippen molar-refractivity contribution < 1.29 is 4.42 Å². The Labute approximate surface area is 198 Å². The zero-order chi connectivity index (χ0) is 20.8. The summed E-state index contributed by atoms with van der Waals surface area (Å²) in [4.78, 5) is 9.21. The topological polar surface area (TPSA) is 92.6 Å². The number of aliphatic imine (C=N–C) groups is 1. The molecule has 4 rings (SSSR count). The number of aryl methyl sites for hydroxylation is 1. The van der Waals surface area contributed by atoms with Gasteiger partial charge in [-0.25, -0.2) is 9.98 Å². The van der Waals surface area contributed by atoms with E-state index < -0.39 is 0 Å². The molecule has 0 spiro atoms. The summed E-state index contributed by atoms with van der Waals surface area (Å²) in [6.45, 7) is 5.99. The Balaban J connectivity index is 0.00000272. The van der Waals surface area contributed by atoms with Crippen molar-refractivity contribution in [2.75, 3.05) is 13.1 Å². The smallest absolute Gasteiger partial charge is 0.226 e. The van der Waals surface area contributed by atoms with E-state index in [9.17, 15) is 0 Å². The molecule has 0 atom stereocenters. The first-order chi connectivity index (χ1) is 14.7. The first kappa shape index (κ1) is 22.7. The van der Waals surface area contributed by atoms with Crippen molar-refractivity contribution in [2.24, 2.45) is 4.99 Å². The van der Waals surface area contributed by atoms with Crippen molar-refractivity contribution in [3.8, 4) is 11.5 Å². The number of hydrogen-bond donors (Lipinski definition) is 2. The second kappa shape index (κ2) is 10.9. The molecule has 0 saturated heterocycles. The molecule has 162 valence electrons. The molecule has 8 nitrogen and oxygen atoms in total. The Morgan fingerprint density at radius 3 is 2.74 bits per heavy atom. The Hall–Kier alpha value is -2.95. The van der Waals surface area contributed by atoms with Gasteiger partial charge >= 0.3 is 0 Å². The highest BCUT2D eigenvalue weighted by atomic mass is 127. The molecule has 0 bridgehead atoms. The van der Waals surface area contributed by atoms with Crippen LogP contribution >= 0.6 is 24.0 Å². The average Bonchev–Trinajstić information content (AvgIpc) is 3.40. The van der Waals surface area contributed by atoms with E-state index in [1.807, 2.05) is 47.9 Å². The van der Waals surface area contributed by atoms with Gasteiger partial charge in [0.2, 0.25) is 5.89 Å². The van der Waals surface area contributed by atoms with Crippen LogP contribution < -0.4 is 10.6 Å². The van der Waals surface area contributed by atoms with Gasteiger partial charge in [0.25, 0.3) is 0 Å². The van der Waals surface area contributed by atoms with Crippen LogP contribution in [0.1, 0.15) is 24.0 Å². The van der Waals surface area contributed by atoms with Gasteiger partial charge in [-0.1, -0.05) is 23.8 Å². The number of benzene rings is 1. The van der Waals surface area contributed by atoms with Gasteiger partial charge in [-0.05, 0) is 38.1 Å². The maximum absolute atomic E-state index is 5.63. The number of hydrogen-bond acceptors (Lipinski definition) is 5. The predicted octanol–water partition coefficient (Wildman–Crippen LogP) is 3.61. The molecule has 0 aliphatic rings. The molecule has 1 aromatic carbocycles. The molecular formula is C22H26IN7O. The van der Waals surface area contributed by atoms with Crippen molar-refractivity contribution in [1.29, 1.82) is 0 Å². The summed E-state index contributed by atoms with van der Waals surface area (Å²) in [5.74, 6) is 2.17. The predicted molar refractivity (Wildman–Crippen MR) is 132 cm³/mol. The zero-order valence-electron chi connectivity index (χ0n) is 17.6. The number of pyridine rings is 1. The third-order valence-corrected chi connectivity index (χ3v) is 4.63. The van der Waals surface area contributed by atoms with Crippen LogP contribution in [0.4, 0.5) is 0 Å². The first-order valence-electron chi connectivity index (χ1n) is 10.0. The van der Waals surface area contributed by atoms with Crippen molar-refractivity contribution in [1.82, 2.24) is 30.2 Å². The second-order valence-corrected chi connectivity index (χ2v) is 6.93. The Bertz CT molecular complexity index is 1130. The van der Waals surface area contributed by atoms with Gasteiger partial charge in [0, 0.05) is 31.3 Å². The third kappa shape index (κ3) is 5.81. The molecule has 0 aliphatic carbocycles. The van der Waals surface area contributed by atoms with E-state index in [0.29, 0.717) is 19.0 Å². The molecule has 9 heteroatoms. The second-order valence-electron chi connectivity index (χ2n) is 6.93. The van der Waals surface area contributed by atoms with Crippen LogP contribution in [0.5, 0.6) is 0 Å². The number of nitrogens with zero attached hydrogens (tertiary/aromatic N) is 5. The molecule has 0 amide bonds. The molecule has 0 radical (unpaired) electrons. The van der Waals surface area contributed by atoms with Crippen molar-refractivity contribution >= 4 is 35.6 Å². The lowest BCUT2D eigenvalue weighted by Crippen LogP contribution is -2.38. The van der Waals surface area contributed by atoms with Crippen LogP contribution in [-0.2, 0) is 13.0 Å². The van der Waals surface area contributed by atoms with Gasteiger partial charge in [-0.2, -0.15) is 0 Å². The minimum absolute atomic E-state index is 0. The van der Waals surface area contributed by atoms with E-state index in [1.54, 1.807) is 6.26 Å². The lowest BCUT2D eigenvalue weighted by Gasteiger charge is -2.10. The highest BCUT2D eigenvalue weighted by molar-refractivity contribution is 14.0. The van der Waals surface area contributed by atoms with Gasteiger partial charge in [0.15, 0.2) is 17.4 Å². The fourth-order valence-electron chi connectivity index (χ4n) is 3.05. The highest BCUT2D eigenvalue weighted by Gasteiger charge is 2.08. The van der Waals surface area contributed by atoms with Gasteiger partial charge in [-0.3, -0.25) is 4.40 Å². The number of aromatic nitrogens is 4. The summed E-state index contributed by atoms with van der Waals surface area (Å²) in [5, 5.41) is 15.0. The van der Waals surface area contributed by atoms with Crippen molar-refractivity contribution in [3.63, 3.8) is 0 Å². The zero-order valence-corrected chi connectivity index (χ0v) is 19.9. The normalized spacial score (nSPS) is 11.4. The quantitative estimate of drug-likeness (QED) is 0.215. The SMILES string of the molecule is CCNC(=NCc1nnc2ccccn12)NCCc1coc(-c2ccc(C)cc2)n1.I. The number of fused-ring (bicyclic) bond motifs is 1. The van der Waals surface area contributed by atoms with Crippen LogP contribution in [0.15, 0.2) is 64.3 Å². The summed E-state index contributed by atoms with van der Waals surface area (Å²) in [5.41, 5.74) is 3.91. The van der Waals surface area contributed by atoms with Gasteiger partial charge in [0.05, 0.1) is 5.69 Å². The van der Waals surface area contributed by atoms with E-state index in [0.717, 1.165) is 41.7 Å². The summed E-state index contributed by atoms with van der Waals surface area (Å²) in [6.07, 6.45) is 4.38. The summed E-state index contributed by atoms with van der Waals surface area (Å²) in [7, 11) is 0. The lowest BCUT2D eigenvalue weighted by atomic mass is 10.1. The molecule has 3 heterocycles. The molecule has 0 fully saturated rings. The van der Waals surface area contributed by atoms with Gasteiger partial charge < -0.3 is 15.1 Å². The van der Waals surface area contributed by atoms with Crippen LogP contribution in [0.2, 0.25) is 0 Å². The van der Waals surface area contributed by atoms with Crippen molar-refractivity contribution in [2.45, 2.75) is 26.8 Å². The van der Waals surface area contributed by atoms with E-state index in [2.05, 4.69) is 49.9 Å². The van der Waals surface area contributed by atoms with E-state index in [1.165, 1.54) is 5.56 Å². The summed E-state index contributed by atoms with van der Waals surface area (Å²) < 4.78 is 7.57. The largest absolute Gasteiger partial charge is 0.444 e. The fraction of sp³-hybridized carbons (Fsp3) is 0.273. The fourth-order valence-corrected chi connectivity index (χ4v) is 3.05. The molecule has 4 aromatic rings. The van der Waals surface area contributed by atoms with Crippen molar-refractivity contribution in [3.05, 3.63) is 72.0 Å². The van der Waals surface area contributed by atoms with Crippen LogP contribution in [0, 0.1) is 6.92 Å². The van der Waals surface area contributed by atoms with E-state index in [-0.39, 0.29) is 24.0 Å². The van der Waals surface area contributed by atoms with Gasteiger partial charge in [0.1, 0.15) is 12.8 Å². The molecular weight excluding hydrogens is 505 g/mol. The number of rotatable bonds is 7. The number of oxazole rings is 1. The first-order valence-corrected chi connectivity index (χ1v) is 10.0. The molecule has 0 unspecified atom stereocenters. The molecule has 0 aliphatic heterocycles. The van der Waals surface area contributed by atoms with Crippen LogP contribution in [0.25, 0.3) is 17.1 Å². The molecule has 0 saturated carbocycles. The summed E-state index contributed by atoms with van der Waals surface area (Å²) >= 11 is 0. The summed E-state index contributed by atoms with van der Waals surface area (Å²) in [6, 6.07) is 14.0. The maximum Gasteiger partial charge on any atom is 0.226 e. The number of guanidine groups is 1. The van der Waals surface area contributed by atoms with E-state index >= 15 is 0 Å². The Kier molecular flexibility index (Phi) is 7.99. The lowest BCUT2D eigenvalue weighted by molar-refractivity contribution is 0.572. The van der Waals surface area contributed by atoms with Crippen LogP contribution in [0.3, 0.4) is 0 Å². The Morgan fingerprint density at radius 1 is 1.10 bits per heavy atom. The van der Waals surface area contributed by atoms with E-state index in [4.69, 9.17) is 4.42 Å². The van der Waals surface area contributed by atoms with Crippen LogP contribution in [-0.4, -0.2) is 38.6 Å². The number of halogens is 1. The molecule has 2 N–H and O–H groups in total. The maximum atomic E-state index is 5.63. The third-order valence-electron chi connectivity index (χ3n) is 4.63. The standard InChI is InChI=1S/C22H25N7O.HI/c1-3-23-22(25-14-20-28-27-19-6-4-5-13-29(19)20)24-12-11-18-15-30-21(26-18)17-9-7-16(2)8-10-17;/h4-10,13,15H,3,11-12,14H2,1-2H3,(H2,23,24,25);1H.